The number of aromatic nitrogens is 3. The molecule has 1 saturated carbocycles. The minimum absolute atomic E-state index is 0.0178. The van der Waals surface area contributed by atoms with Gasteiger partial charge < -0.3 is 54.1 Å². The number of amides is 4. The first-order valence-electron chi connectivity index (χ1n) is 21.9. The fourth-order valence-corrected chi connectivity index (χ4v) is 10.1. The van der Waals surface area contributed by atoms with Crippen molar-refractivity contribution in [2.24, 2.45) is 5.41 Å². The van der Waals surface area contributed by atoms with Gasteiger partial charge in [0.15, 0.2) is 0 Å². The minimum Gasteiger partial charge on any atom is -0.453 e. The first-order chi connectivity index (χ1) is 30.5. The van der Waals surface area contributed by atoms with Crippen molar-refractivity contribution in [3.05, 3.63) is 77.4 Å². The highest BCUT2D eigenvalue weighted by atomic mass is 16.5. The Morgan fingerprint density at radius 3 is 1.87 bits per heavy atom. The van der Waals surface area contributed by atoms with Crippen LogP contribution in [0.4, 0.5) is 9.59 Å². The van der Waals surface area contributed by atoms with Gasteiger partial charge in [0.25, 0.3) is 0 Å². The second-order valence-electron chi connectivity index (χ2n) is 17.4. The monoisotopic (exact) mass is 865 g/mol. The predicted octanol–water partition coefficient (Wildman–Crippen LogP) is 6.79. The van der Waals surface area contributed by atoms with Crippen LogP contribution in [-0.2, 0) is 46.5 Å². The van der Waals surface area contributed by atoms with Crippen LogP contribution >= 0.6 is 0 Å². The zero-order valence-corrected chi connectivity index (χ0v) is 37.0. The number of ether oxygens (including phenoxy) is 5. The highest BCUT2D eigenvalue weighted by molar-refractivity contribution is 5.88. The number of aromatic amines is 2. The van der Waals surface area contributed by atoms with Crippen molar-refractivity contribution in [3.8, 4) is 33.6 Å². The second kappa shape index (κ2) is 18.6. The molecule has 3 aliphatic heterocycles. The standard InChI is InChI=1S/C47H59N7O9/c1-27(59-3)38(51-45(57)61-5)43(55)53-21-9-10-36(53)41-34-25-63-24-33(34)40(50-41)32-17-13-30(14-18-32)29-11-15-31(16-12-29)35-23-48-42(49-35)37-22-47(19-7-8-20-47)26-54(37)44(56)39(28(2)60-4)52-46(58)62-6/h11-18,23,27-28,36-39,50H,7-10,19-22,24-26H2,1-6H3,(H,48,49)(H,51,57)(H,52,58)/t27-,28-,36+,37+,38+,39+/m1/s1. The Labute approximate surface area is 367 Å². The number of imidazole rings is 1. The molecule has 16 nitrogen and oxygen atoms in total. The molecule has 1 aliphatic carbocycles. The quantitative estimate of drug-likeness (QED) is 0.111. The molecule has 16 heteroatoms. The van der Waals surface area contributed by atoms with Crippen molar-refractivity contribution in [2.75, 3.05) is 41.5 Å². The lowest BCUT2D eigenvalue weighted by Crippen LogP contribution is -2.54. The lowest BCUT2D eigenvalue weighted by atomic mass is 9.84. The molecule has 4 aromatic rings. The number of carbonyl (C=O) groups is 4. The molecule has 8 rings (SSSR count). The molecule has 4 N–H and O–H groups in total. The van der Waals surface area contributed by atoms with Gasteiger partial charge in [-0.3, -0.25) is 9.59 Å². The highest BCUT2D eigenvalue weighted by Crippen LogP contribution is 2.52. The summed E-state index contributed by atoms with van der Waals surface area (Å²) in [7, 11) is 5.59. The minimum atomic E-state index is -0.907. The van der Waals surface area contributed by atoms with Gasteiger partial charge in [0, 0.05) is 44.1 Å². The maximum Gasteiger partial charge on any atom is 0.407 e. The van der Waals surface area contributed by atoms with Crippen LogP contribution in [0.5, 0.6) is 0 Å². The summed E-state index contributed by atoms with van der Waals surface area (Å²) in [6.45, 7) is 5.62. The maximum atomic E-state index is 14.2. The predicted molar refractivity (Wildman–Crippen MR) is 233 cm³/mol. The lowest BCUT2D eigenvalue weighted by molar-refractivity contribution is -0.138. The van der Waals surface area contributed by atoms with Gasteiger partial charge in [0.1, 0.15) is 17.9 Å². The van der Waals surface area contributed by atoms with Crippen LogP contribution < -0.4 is 10.6 Å². The molecule has 0 unspecified atom stereocenters. The summed E-state index contributed by atoms with van der Waals surface area (Å²) in [6, 6.07) is 14.5. The number of nitrogens with one attached hydrogen (secondary N) is 4. The first kappa shape index (κ1) is 43.9. The van der Waals surface area contributed by atoms with Gasteiger partial charge in [-0.05, 0) is 73.6 Å². The van der Waals surface area contributed by atoms with Crippen LogP contribution in [0.1, 0.15) is 93.5 Å². The number of methoxy groups -OCH3 is 4. The van der Waals surface area contributed by atoms with Gasteiger partial charge in [0.05, 0.1) is 69.3 Å². The number of carbonyl (C=O) groups excluding carboxylic acids is 4. The molecular formula is C47H59N7O9. The van der Waals surface area contributed by atoms with E-state index in [1.165, 1.54) is 28.4 Å². The number of fused-ring (bicyclic) bond motifs is 1. The van der Waals surface area contributed by atoms with Crippen LogP contribution in [0.15, 0.2) is 54.7 Å². The molecule has 2 saturated heterocycles. The molecule has 2 aromatic heterocycles. The van der Waals surface area contributed by atoms with Crippen LogP contribution in [-0.4, -0.2) is 115 Å². The van der Waals surface area contributed by atoms with E-state index in [9.17, 15) is 19.2 Å². The van der Waals surface area contributed by atoms with Crippen molar-refractivity contribution >= 4 is 24.0 Å². The summed E-state index contributed by atoms with van der Waals surface area (Å²) in [6.07, 6.45) is 6.12. The van der Waals surface area contributed by atoms with Crippen LogP contribution in [0.25, 0.3) is 33.6 Å². The van der Waals surface area contributed by atoms with Crippen LogP contribution in [0, 0.1) is 5.41 Å². The van der Waals surface area contributed by atoms with Gasteiger partial charge in [-0.25, -0.2) is 14.6 Å². The molecule has 1 spiro atoms. The van der Waals surface area contributed by atoms with E-state index >= 15 is 0 Å². The fraction of sp³-hybridized carbons (Fsp3) is 0.511. The molecule has 0 bridgehead atoms. The Bertz CT molecular complexity index is 2280. The number of rotatable bonds is 13. The number of likely N-dealkylation sites (tertiary alicyclic amines) is 2. The van der Waals surface area contributed by atoms with Gasteiger partial charge in [-0.15, -0.1) is 0 Å². The smallest absolute Gasteiger partial charge is 0.407 e. The van der Waals surface area contributed by atoms with E-state index in [2.05, 4.69) is 69.1 Å². The third-order valence-corrected chi connectivity index (χ3v) is 13.8. The highest BCUT2D eigenvalue weighted by Gasteiger charge is 2.50. The molecule has 336 valence electrons. The number of benzene rings is 2. The molecule has 63 heavy (non-hydrogen) atoms. The molecule has 2 aromatic carbocycles. The molecule has 3 fully saturated rings. The third-order valence-electron chi connectivity index (χ3n) is 13.8. The van der Waals surface area contributed by atoms with Crippen molar-refractivity contribution in [2.45, 2.75) is 108 Å². The SMILES string of the molecule is COC(=O)N[C@H](C(=O)N1CC2(CCCC2)C[C@H]1c1ncc(-c2ccc(-c3ccc(-c4[nH]c([C@@H]5CCCN5C(=O)[C@@H](NC(=O)OC)[C@@H](C)OC)c5c4COC5)cc3)cc2)[nH]1)[C@@H](C)OC. The third kappa shape index (κ3) is 8.68. The largest absolute Gasteiger partial charge is 0.453 e. The normalized spacial score (nSPS) is 20.9. The zero-order valence-electron chi connectivity index (χ0n) is 37.0. The van der Waals surface area contributed by atoms with E-state index in [-0.39, 0.29) is 29.3 Å². The second-order valence-corrected chi connectivity index (χ2v) is 17.4. The van der Waals surface area contributed by atoms with Gasteiger partial charge in [-0.2, -0.15) is 0 Å². The Kier molecular flexibility index (Phi) is 12.9. The topological polar surface area (TPSA) is 189 Å². The number of nitrogens with zero attached hydrogens (tertiary/aromatic N) is 3. The van der Waals surface area contributed by atoms with E-state index in [1.54, 1.807) is 13.8 Å². The van der Waals surface area contributed by atoms with E-state index in [1.807, 2.05) is 16.0 Å². The van der Waals surface area contributed by atoms with E-state index in [0.29, 0.717) is 26.3 Å². The fourth-order valence-electron chi connectivity index (χ4n) is 10.1. The Hall–Kier alpha value is -5.71. The average molecular weight is 866 g/mol. The summed E-state index contributed by atoms with van der Waals surface area (Å²) in [4.78, 5) is 68.4. The molecular weight excluding hydrogens is 807 g/mol. The van der Waals surface area contributed by atoms with E-state index in [0.717, 1.165) is 101 Å². The molecule has 5 heterocycles. The van der Waals surface area contributed by atoms with Gasteiger partial charge in [-0.1, -0.05) is 61.4 Å². The number of H-pyrrole nitrogens is 2. The summed E-state index contributed by atoms with van der Waals surface area (Å²) >= 11 is 0. The Balaban J connectivity index is 0.986. The summed E-state index contributed by atoms with van der Waals surface area (Å²) < 4.78 is 26.6. The van der Waals surface area contributed by atoms with Gasteiger partial charge in [0.2, 0.25) is 11.8 Å². The number of alkyl carbamates (subject to hydrolysis) is 2. The number of hydrogen-bond donors (Lipinski definition) is 4. The first-order valence-corrected chi connectivity index (χ1v) is 21.9. The van der Waals surface area contributed by atoms with Crippen molar-refractivity contribution in [1.29, 1.82) is 0 Å². The van der Waals surface area contributed by atoms with Crippen molar-refractivity contribution in [1.82, 2.24) is 35.4 Å². The Morgan fingerprint density at radius 2 is 1.29 bits per heavy atom. The maximum absolute atomic E-state index is 14.2. The van der Waals surface area contributed by atoms with Crippen molar-refractivity contribution in [3.63, 3.8) is 0 Å². The van der Waals surface area contributed by atoms with E-state index < -0.39 is 36.5 Å². The average Bonchev–Trinajstić information content (AvgIpc) is 4.18. The molecule has 0 radical (unpaired) electrons. The summed E-state index contributed by atoms with van der Waals surface area (Å²) in [5.41, 5.74) is 9.10. The zero-order chi connectivity index (χ0) is 44.4. The van der Waals surface area contributed by atoms with Crippen LogP contribution in [0.3, 0.4) is 0 Å². The molecule has 4 aliphatic rings. The van der Waals surface area contributed by atoms with Gasteiger partial charge >= 0.3 is 12.2 Å². The molecule has 6 atom stereocenters. The summed E-state index contributed by atoms with van der Waals surface area (Å²) in [5, 5.41) is 5.37. The molecule has 4 amide bonds. The van der Waals surface area contributed by atoms with Crippen LogP contribution in [0.2, 0.25) is 0 Å². The van der Waals surface area contributed by atoms with Crippen molar-refractivity contribution < 1.29 is 42.9 Å². The lowest BCUT2D eigenvalue weighted by Gasteiger charge is -2.31. The number of hydrogen-bond acceptors (Lipinski definition) is 10. The summed E-state index contributed by atoms with van der Waals surface area (Å²) in [5.74, 6) is 0.295. The Morgan fingerprint density at radius 1 is 0.730 bits per heavy atom. The van der Waals surface area contributed by atoms with E-state index in [4.69, 9.17) is 28.7 Å².